The van der Waals surface area contributed by atoms with Crippen LogP contribution >= 0.6 is 0 Å². The monoisotopic (exact) mass is 397 g/mol. The smallest absolute Gasteiger partial charge is 0.272 e. The number of methoxy groups -OCH3 is 2. The molecule has 1 aromatic heterocycles. The molecule has 2 heterocycles. The maximum atomic E-state index is 12.7. The summed E-state index contributed by atoms with van der Waals surface area (Å²) < 4.78 is 10.5. The van der Waals surface area contributed by atoms with Gasteiger partial charge in [0.05, 0.1) is 14.2 Å². The van der Waals surface area contributed by atoms with Crippen molar-refractivity contribution < 1.29 is 19.1 Å². The van der Waals surface area contributed by atoms with Crippen molar-refractivity contribution in [2.75, 3.05) is 27.3 Å². The second-order valence-corrected chi connectivity index (χ2v) is 7.28. The lowest BCUT2D eigenvalue weighted by molar-refractivity contribution is 0.0691. The molecule has 154 valence electrons. The second-order valence-electron chi connectivity index (χ2n) is 7.28. The van der Waals surface area contributed by atoms with Gasteiger partial charge in [0.2, 0.25) is 0 Å². The zero-order valence-corrected chi connectivity index (χ0v) is 17.1. The van der Waals surface area contributed by atoms with E-state index in [4.69, 9.17) is 9.47 Å². The molecule has 7 nitrogen and oxygen atoms in total. The molecule has 29 heavy (non-hydrogen) atoms. The maximum Gasteiger partial charge on any atom is 0.272 e. The topological polar surface area (TPSA) is 80.8 Å². The van der Waals surface area contributed by atoms with E-state index >= 15 is 0 Å². The fraction of sp³-hybridized carbons (Fsp3) is 0.409. The first-order valence-electron chi connectivity index (χ1n) is 9.76. The lowest BCUT2D eigenvalue weighted by Gasteiger charge is -2.30. The molecular weight excluding hydrogens is 370 g/mol. The van der Waals surface area contributed by atoms with Crippen molar-refractivity contribution in [1.29, 1.82) is 0 Å². The first kappa shape index (κ1) is 20.6. The zero-order valence-electron chi connectivity index (χ0n) is 17.1. The zero-order chi connectivity index (χ0) is 20.8. The predicted molar refractivity (Wildman–Crippen MR) is 109 cm³/mol. The number of likely N-dealkylation sites (tertiary alicyclic amines) is 1. The Morgan fingerprint density at radius 1 is 1.10 bits per heavy atom. The van der Waals surface area contributed by atoms with Crippen molar-refractivity contribution in [2.45, 2.75) is 26.3 Å². The standard InChI is InChI=1S/C22H27N3O4/c1-15-7-10-25(11-8-15)22(27)18-13-17(6-9-23-18)21(26)24-14-16-4-5-19(28-2)20(12-16)29-3/h4-6,9,12-13,15H,7-8,10-11,14H2,1-3H3,(H,24,26). The highest BCUT2D eigenvalue weighted by molar-refractivity contribution is 5.98. The number of rotatable bonds is 6. The van der Waals surface area contributed by atoms with E-state index in [1.165, 1.54) is 6.20 Å². The molecule has 2 amide bonds. The molecule has 1 aliphatic heterocycles. The molecule has 1 aromatic carbocycles. The molecule has 0 atom stereocenters. The van der Waals surface area contributed by atoms with Gasteiger partial charge in [-0.1, -0.05) is 13.0 Å². The van der Waals surface area contributed by atoms with Gasteiger partial charge in [-0.2, -0.15) is 0 Å². The van der Waals surface area contributed by atoms with Crippen LogP contribution in [0.1, 0.15) is 46.2 Å². The van der Waals surface area contributed by atoms with Gasteiger partial charge in [0.25, 0.3) is 11.8 Å². The van der Waals surface area contributed by atoms with Crippen LogP contribution in [0.2, 0.25) is 0 Å². The minimum atomic E-state index is -0.261. The molecule has 0 unspecified atom stereocenters. The molecule has 1 saturated heterocycles. The summed E-state index contributed by atoms with van der Waals surface area (Å²) in [4.78, 5) is 31.3. The summed E-state index contributed by atoms with van der Waals surface area (Å²) in [5.41, 5.74) is 1.59. The summed E-state index contributed by atoms with van der Waals surface area (Å²) in [7, 11) is 3.14. The van der Waals surface area contributed by atoms with Gasteiger partial charge in [-0.05, 0) is 48.6 Å². The fourth-order valence-corrected chi connectivity index (χ4v) is 3.34. The van der Waals surface area contributed by atoms with E-state index in [-0.39, 0.29) is 11.8 Å². The molecule has 1 N–H and O–H groups in total. The second kappa shape index (κ2) is 9.41. The van der Waals surface area contributed by atoms with Crippen LogP contribution in [0.3, 0.4) is 0 Å². The third-order valence-corrected chi connectivity index (χ3v) is 5.21. The Morgan fingerprint density at radius 3 is 2.52 bits per heavy atom. The number of aromatic nitrogens is 1. The first-order valence-corrected chi connectivity index (χ1v) is 9.76. The highest BCUT2D eigenvalue weighted by atomic mass is 16.5. The Morgan fingerprint density at radius 2 is 1.83 bits per heavy atom. The first-order chi connectivity index (χ1) is 14.0. The number of hydrogen-bond acceptors (Lipinski definition) is 5. The number of nitrogens with one attached hydrogen (secondary N) is 1. The highest BCUT2D eigenvalue weighted by Crippen LogP contribution is 2.27. The Labute approximate surface area is 171 Å². The van der Waals surface area contributed by atoms with Gasteiger partial charge < -0.3 is 19.7 Å². The van der Waals surface area contributed by atoms with Crippen LogP contribution in [-0.4, -0.2) is 49.0 Å². The lowest BCUT2D eigenvalue weighted by atomic mass is 9.99. The summed E-state index contributed by atoms with van der Waals surface area (Å²) in [6.45, 7) is 3.99. The van der Waals surface area contributed by atoms with Crippen LogP contribution < -0.4 is 14.8 Å². The minimum absolute atomic E-state index is 0.119. The number of benzene rings is 1. The molecular formula is C22H27N3O4. The summed E-state index contributed by atoms with van der Waals surface area (Å²) >= 11 is 0. The molecule has 0 bridgehead atoms. The molecule has 3 rings (SSSR count). The molecule has 0 aliphatic carbocycles. The van der Waals surface area contributed by atoms with Crippen LogP contribution in [0, 0.1) is 5.92 Å². The number of nitrogens with zero attached hydrogens (tertiary/aromatic N) is 2. The minimum Gasteiger partial charge on any atom is -0.493 e. The van der Waals surface area contributed by atoms with Crippen molar-refractivity contribution >= 4 is 11.8 Å². The number of carbonyl (C=O) groups excluding carboxylic acids is 2. The van der Waals surface area contributed by atoms with Crippen LogP contribution in [0.25, 0.3) is 0 Å². The Balaban J connectivity index is 1.64. The van der Waals surface area contributed by atoms with Gasteiger partial charge >= 0.3 is 0 Å². The quantitative estimate of drug-likeness (QED) is 0.811. The third-order valence-electron chi connectivity index (χ3n) is 5.21. The number of ether oxygens (including phenoxy) is 2. The average Bonchev–Trinajstić information content (AvgIpc) is 2.77. The van der Waals surface area contributed by atoms with E-state index in [0.717, 1.165) is 31.5 Å². The number of hydrogen-bond donors (Lipinski definition) is 1. The Bertz CT molecular complexity index is 876. The van der Waals surface area contributed by atoms with E-state index in [0.29, 0.717) is 35.2 Å². The molecule has 2 aromatic rings. The van der Waals surface area contributed by atoms with Crippen LogP contribution in [-0.2, 0) is 6.54 Å². The fourth-order valence-electron chi connectivity index (χ4n) is 3.34. The Hall–Kier alpha value is -3.09. The average molecular weight is 397 g/mol. The van der Waals surface area contributed by atoms with Crippen molar-refractivity contribution in [2.24, 2.45) is 5.92 Å². The maximum absolute atomic E-state index is 12.7. The van der Waals surface area contributed by atoms with E-state index in [9.17, 15) is 9.59 Å². The molecule has 0 radical (unpaired) electrons. The van der Waals surface area contributed by atoms with Gasteiger partial charge in [-0.3, -0.25) is 14.6 Å². The van der Waals surface area contributed by atoms with Gasteiger partial charge in [0.15, 0.2) is 11.5 Å². The number of carbonyl (C=O) groups is 2. The summed E-state index contributed by atoms with van der Waals surface area (Å²) in [5, 5.41) is 2.87. The van der Waals surface area contributed by atoms with Gasteiger partial charge in [0, 0.05) is 31.4 Å². The van der Waals surface area contributed by atoms with Gasteiger partial charge in [-0.15, -0.1) is 0 Å². The van der Waals surface area contributed by atoms with Crippen molar-refractivity contribution in [3.8, 4) is 11.5 Å². The summed E-state index contributed by atoms with van der Waals surface area (Å²) in [6, 6.07) is 8.64. The van der Waals surface area contributed by atoms with Crippen molar-refractivity contribution in [3.05, 3.63) is 53.3 Å². The molecule has 7 heteroatoms. The molecule has 0 saturated carbocycles. The molecule has 1 aliphatic rings. The number of piperidine rings is 1. The van der Waals surface area contributed by atoms with E-state index in [1.807, 2.05) is 17.0 Å². The van der Waals surface area contributed by atoms with E-state index < -0.39 is 0 Å². The van der Waals surface area contributed by atoms with Crippen molar-refractivity contribution in [1.82, 2.24) is 15.2 Å². The van der Waals surface area contributed by atoms with E-state index in [2.05, 4.69) is 17.2 Å². The van der Waals surface area contributed by atoms with E-state index in [1.54, 1.807) is 32.4 Å². The predicted octanol–water partition coefficient (Wildman–Crippen LogP) is 2.90. The molecule has 1 fully saturated rings. The summed E-state index contributed by atoms with van der Waals surface area (Å²) in [5.74, 6) is 1.49. The van der Waals surface area contributed by atoms with Crippen LogP contribution in [0.15, 0.2) is 36.5 Å². The largest absolute Gasteiger partial charge is 0.493 e. The van der Waals surface area contributed by atoms with Gasteiger partial charge in [0.1, 0.15) is 5.69 Å². The summed E-state index contributed by atoms with van der Waals surface area (Å²) in [6.07, 6.45) is 3.50. The highest BCUT2D eigenvalue weighted by Gasteiger charge is 2.23. The van der Waals surface area contributed by atoms with Crippen LogP contribution in [0.5, 0.6) is 11.5 Å². The van der Waals surface area contributed by atoms with Crippen LogP contribution in [0.4, 0.5) is 0 Å². The Kier molecular flexibility index (Phi) is 6.69. The van der Waals surface area contributed by atoms with Gasteiger partial charge in [-0.25, -0.2) is 0 Å². The molecule has 0 spiro atoms. The van der Waals surface area contributed by atoms with Crippen molar-refractivity contribution in [3.63, 3.8) is 0 Å². The number of amides is 2. The normalized spacial score (nSPS) is 14.4. The number of pyridine rings is 1. The lowest BCUT2D eigenvalue weighted by Crippen LogP contribution is -2.38. The SMILES string of the molecule is COc1ccc(CNC(=O)c2ccnc(C(=O)N3CCC(C)CC3)c2)cc1OC. The third kappa shape index (κ3) is 5.04.